The zero-order chi connectivity index (χ0) is 18.4. The number of furan rings is 1. The van der Waals surface area contributed by atoms with Crippen LogP contribution in [-0.2, 0) is 21.2 Å². The van der Waals surface area contributed by atoms with Gasteiger partial charge in [-0.2, -0.15) is 0 Å². The molecular formula is C17H21ClN2O4S. The number of sulfonamides is 1. The van der Waals surface area contributed by atoms with Crippen molar-refractivity contribution in [1.82, 2.24) is 5.32 Å². The van der Waals surface area contributed by atoms with Crippen molar-refractivity contribution in [2.24, 2.45) is 0 Å². The highest BCUT2D eigenvalue weighted by molar-refractivity contribution is 7.92. The Labute approximate surface area is 152 Å². The Hall–Kier alpha value is -1.99. The number of aryl methyl sites for hydroxylation is 2. The Bertz CT molecular complexity index is 819. The number of rotatable bonds is 8. The maximum Gasteiger partial charge on any atom is 0.240 e. The molecule has 1 heterocycles. The largest absolute Gasteiger partial charge is 0.469 e. The van der Waals surface area contributed by atoms with Gasteiger partial charge in [0.05, 0.1) is 18.2 Å². The number of nitrogens with one attached hydrogen (secondary N) is 1. The first-order chi connectivity index (χ1) is 11.8. The second-order valence-electron chi connectivity index (χ2n) is 5.73. The highest BCUT2D eigenvalue weighted by Gasteiger charge is 2.22. The van der Waals surface area contributed by atoms with Crippen LogP contribution in [0.3, 0.4) is 0 Å². The highest BCUT2D eigenvalue weighted by Crippen LogP contribution is 2.25. The second kappa shape index (κ2) is 8.40. The summed E-state index contributed by atoms with van der Waals surface area (Å²) in [5, 5.41) is 3.25. The molecule has 8 heteroatoms. The highest BCUT2D eigenvalue weighted by atomic mass is 35.5. The number of benzene rings is 1. The van der Waals surface area contributed by atoms with E-state index in [1.54, 1.807) is 31.4 Å². The summed E-state index contributed by atoms with van der Waals surface area (Å²) in [6.07, 6.45) is 4.09. The van der Waals surface area contributed by atoms with Crippen molar-refractivity contribution in [2.75, 3.05) is 23.7 Å². The summed E-state index contributed by atoms with van der Waals surface area (Å²) in [4.78, 5) is 12.1. The van der Waals surface area contributed by atoms with Gasteiger partial charge in [0, 0.05) is 18.0 Å². The molecule has 2 aromatic rings. The van der Waals surface area contributed by atoms with Crippen LogP contribution in [0.2, 0.25) is 5.02 Å². The van der Waals surface area contributed by atoms with Crippen LogP contribution in [0.25, 0.3) is 0 Å². The fourth-order valence-electron chi connectivity index (χ4n) is 2.41. The summed E-state index contributed by atoms with van der Waals surface area (Å²) in [6, 6.07) is 8.55. The van der Waals surface area contributed by atoms with Crippen molar-refractivity contribution >= 4 is 33.2 Å². The molecule has 0 atom stereocenters. The van der Waals surface area contributed by atoms with E-state index in [2.05, 4.69) is 5.32 Å². The number of anilines is 1. The van der Waals surface area contributed by atoms with Crippen LogP contribution in [0.5, 0.6) is 0 Å². The average molecular weight is 385 g/mol. The zero-order valence-corrected chi connectivity index (χ0v) is 15.7. The van der Waals surface area contributed by atoms with Gasteiger partial charge in [0.25, 0.3) is 0 Å². The fraction of sp³-hybridized carbons (Fsp3) is 0.353. The molecule has 0 saturated carbocycles. The topological polar surface area (TPSA) is 79.6 Å². The summed E-state index contributed by atoms with van der Waals surface area (Å²) >= 11 is 5.91. The van der Waals surface area contributed by atoms with Crippen LogP contribution in [0, 0.1) is 6.92 Å². The molecule has 0 aliphatic heterocycles. The van der Waals surface area contributed by atoms with Crippen molar-refractivity contribution in [3.63, 3.8) is 0 Å². The van der Waals surface area contributed by atoms with Crippen LogP contribution in [-0.4, -0.2) is 33.7 Å². The van der Waals surface area contributed by atoms with Gasteiger partial charge in [-0.25, -0.2) is 8.42 Å². The minimum atomic E-state index is -3.60. The summed E-state index contributed by atoms with van der Waals surface area (Å²) in [5.74, 6) is 0.489. The van der Waals surface area contributed by atoms with Crippen molar-refractivity contribution in [3.05, 3.63) is 52.9 Å². The van der Waals surface area contributed by atoms with Crippen molar-refractivity contribution in [3.8, 4) is 0 Å². The molecule has 0 aliphatic rings. The monoisotopic (exact) mass is 384 g/mol. The van der Waals surface area contributed by atoms with Crippen LogP contribution >= 0.6 is 11.6 Å². The molecule has 0 spiro atoms. The Kier molecular flexibility index (Phi) is 6.50. The molecular weight excluding hydrogens is 364 g/mol. The van der Waals surface area contributed by atoms with Crippen molar-refractivity contribution in [2.45, 2.75) is 19.8 Å². The van der Waals surface area contributed by atoms with Gasteiger partial charge in [0.15, 0.2) is 0 Å². The van der Waals surface area contributed by atoms with Gasteiger partial charge in [-0.1, -0.05) is 11.6 Å². The van der Waals surface area contributed by atoms with E-state index in [9.17, 15) is 13.2 Å². The third-order valence-corrected chi connectivity index (χ3v) is 4.98. The standard InChI is InChI=1S/C17H21ClN2O4S/c1-13-11-14(18)7-8-16(13)20(25(2,22)23)12-17(21)19-9-3-5-15-6-4-10-24-15/h4,6-8,10-11H,3,5,9,12H2,1-2H3,(H,19,21). The normalized spacial score (nSPS) is 11.3. The Morgan fingerprint density at radius 1 is 1.32 bits per heavy atom. The van der Waals surface area contributed by atoms with E-state index in [0.717, 1.165) is 16.3 Å². The number of carbonyl (C=O) groups is 1. The molecule has 1 aromatic carbocycles. The summed E-state index contributed by atoms with van der Waals surface area (Å²) in [6.45, 7) is 1.92. The summed E-state index contributed by atoms with van der Waals surface area (Å²) < 4.78 is 30.5. The Morgan fingerprint density at radius 2 is 2.08 bits per heavy atom. The van der Waals surface area contributed by atoms with Gasteiger partial charge >= 0.3 is 0 Å². The van der Waals surface area contributed by atoms with Crippen molar-refractivity contribution in [1.29, 1.82) is 0 Å². The molecule has 1 aromatic heterocycles. The molecule has 0 fully saturated rings. The number of hydrogen-bond donors (Lipinski definition) is 1. The first-order valence-corrected chi connectivity index (χ1v) is 10.0. The Balaban J connectivity index is 1.96. The number of amides is 1. The minimum absolute atomic E-state index is 0.276. The fourth-order valence-corrected chi connectivity index (χ4v) is 3.55. The van der Waals surface area contributed by atoms with Crippen LogP contribution in [0.15, 0.2) is 41.0 Å². The van der Waals surface area contributed by atoms with Crippen LogP contribution in [0.1, 0.15) is 17.7 Å². The van der Waals surface area contributed by atoms with Crippen molar-refractivity contribution < 1.29 is 17.6 Å². The molecule has 0 radical (unpaired) electrons. The zero-order valence-electron chi connectivity index (χ0n) is 14.2. The molecule has 1 N–H and O–H groups in total. The predicted molar refractivity (Wildman–Crippen MR) is 98.4 cm³/mol. The third-order valence-electron chi connectivity index (χ3n) is 3.62. The van der Waals surface area contributed by atoms with E-state index in [-0.39, 0.29) is 12.5 Å². The van der Waals surface area contributed by atoms with E-state index in [1.807, 2.05) is 12.1 Å². The van der Waals surface area contributed by atoms with Gasteiger partial charge < -0.3 is 9.73 Å². The van der Waals surface area contributed by atoms with Crippen LogP contribution in [0.4, 0.5) is 5.69 Å². The van der Waals surface area contributed by atoms with Gasteiger partial charge in [0.2, 0.25) is 15.9 Å². The quantitative estimate of drug-likeness (QED) is 0.710. The molecule has 6 nitrogen and oxygen atoms in total. The number of nitrogens with zero attached hydrogens (tertiary/aromatic N) is 1. The number of carbonyl (C=O) groups excluding carboxylic acids is 1. The Morgan fingerprint density at radius 3 is 2.68 bits per heavy atom. The molecule has 1 amide bonds. The van der Waals surface area contributed by atoms with Gasteiger partial charge in [-0.3, -0.25) is 9.10 Å². The van der Waals surface area contributed by atoms with Gasteiger partial charge in [-0.05, 0) is 49.2 Å². The molecule has 136 valence electrons. The van der Waals surface area contributed by atoms with E-state index in [4.69, 9.17) is 16.0 Å². The maximum atomic E-state index is 12.1. The first-order valence-electron chi connectivity index (χ1n) is 7.80. The lowest BCUT2D eigenvalue weighted by Crippen LogP contribution is -2.41. The van der Waals surface area contributed by atoms with E-state index in [0.29, 0.717) is 35.7 Å². The summed E-state index contributed by atoms with van der Waals surface area (Å²) in [7, 11) is -3.60. The number of hydrogen-bond acceptors (Lipinski definition) is 4. The SMILES string of the molecule is Cc1cc(Cl)ccc1N(CC(=O)NCCCc1ccco1)S(C)(=O)=O. The smallest absolute Gasteiger partial charge is 0.240 e. The maximum absolute atomic E-state index is 12.1. The van der Waals surface area contributed by atoms with Crippen LogP contribution < -0.4 is 9.62 Å². The number of halogens is 1. The average Bonchev–Trinajstić information content (AvgIpc) is 3.02. The summed E-state index contributed by atoms with van der Waals surface area (Å²) in [5.41, 5.74) is 1.13. The molecule has 25 heavy (non-hydrogen) atoms. The van der Waals surface area contributed by atoms with E-state index in [1.165, 1.54) is 0 Å². The van der Waals surface area contributed by atoms with Gasteiger partial charge in [0.1, 0.15) is 12.3 Å². The molecule has 0 saturated heterocycles. The lowest BCUT2D eigenvalue weighted by atomic mass is 10.2. The molecule has 0 bridgehead atoms. The molecule has 0 aliphatic carbocycles. The third kappa shape index (κ3) is 5.79. The van der Waals surface area contributed by atoms with E-state index < -0.39 is 10.0 Å². The predicted octanol–water partition coefficient (Wildman–Crippen LogP) is 2.76. The van der Waals surface area contributed by atoms with E-state index >= 15 is 0 Å². The lowest BCUT2D eigenvalue weighted by molar-refractivity contribution is -0.119. The molecule has 2 rings (SSSR count). The second-order valence-corrected chi connectivity index (χ2v) is 8.08. The minimum Gasteiger partial charge on any atom is -0.469 e. The molecule has 0 unspecified atom stereocenters. The first kappa shape index (κ1) is 19.3. The van der Waals surface area contributed by atoms with Gasteiger partial charge in [-0.15, -0.1) is 0 Å². The lowest BCUT2D eigenvalue weighted by Gasteiger charge is -2.23.